The van der Waals surface area contributed by atoms with Gasteiger partial charge in [-0.15, -0.1) is 0 Å². The number of fused-ring (bicyclic) bond motifs is 5. The molecular weight excluding hydrogens is 330 g/mol. The van der Waals surface area contributed by atoms with Crippen LogP contribution in [0.1, 0.15) is 29.8 Å². The van der Waals surface area contributed by atoms with Crippen molar-refractivity contribution >= 4 is 21.7 Å². The summed E-state index contributed by atoms with van der Waals surface area (Å²) in [5.41, 5.74) is 0.802. The second-order valence-corrected chi connectivity index (χ2v) is 8.10. The van der Waals surface area contributed by atoms with Crippen LogP contribution in [0.25, 0.3) is 0 Å². The lowest BCUT2D eigenvalue weighted by atomic mass is 9.98. The third-order valence-electron chi connectivity index (χ3n) is 5.83. The Labute approximate surface area is 134 Å². The Kier molecular flexibility index (Phi) is 3.26. The van der Waals surface area contributed by atoms with Crippen molar-refractivity contribution in [1.82, 2.24) is 14.7 Å². The smallest absolute Gasteiger partial charge is 0.185 e. The van der Waals surface area contributed by atoms with Gasteiger partial charge >= 0.3 is 0 Å². The van der Waals surface area contributed by atoms with Gasteiger partial charge in [-0.3, -0.25) is 9.48 Å². The number of rotatable bonds is 5. The minimum Gasteiger partial charge on any atom is -0.308 e. The van der Waals surface area contributed by atoms with Gasteiger partial charge in [-0.2, -0.15) is 5.10 Å². The number of aromatic nitrogens is 2. The van der Waals surface area contributed by atoms with Gasteiger partial charge in [0.25, 0.3) is 0 Å². The molecule has 0 radical (unpaired) electrons. The molecule has 21 heavy (non-hydrogen) atoms. The predicted molar refractivity (Wildman–Crippen MR) is 84.1 cm³/mol. The largest absolute Gasteiger partial charge is 0.308 e. The quantitative estimate of drug-likeness (QED) is 0.765. The molecule has 4 atom stereocenters. The molecule has 0 saturated heterocycles. The molecule has 3 fully saturated rings. The second-order valence-electron chi connectivity index (χ2n) is 7.25. The average molecular weight is 352 g/mol. The van der Waals surface area contributed by atoms with Crippen LogP contribution >= 0.6 is 15.9 Å². The average Bonchev–Trinajstić information content (AvgIpc) is 2.74. The van der Waals surface area contributed by atoms with Crippen molar-refractivity contribution in [1.29, 1.82) is 0 Å². The Morgan fingerprint density at radius 1 is 1.38 bits per heavy atom. The fourth-order valence-electron chi connectivity index (χ4n) is 4.91. The first-order valence-corrected chi connectivity index (χ1v) is 8.77. The van der Waals surface area contributed by atoms with Crippen molar-refractivity contribution < 1.29 is 4.79 Å². The van der Waals surface area contributed by atoms with Crippen molar-refractivity contribution in [3.8, 4) is 0 Å². The first kappa shape index (κ1) is 13.9. The number of carbonyl (C=O) groups is 1. The van der Waals surface area contributed by atoms with E-state index in [1.165, 1.54) is 19.3 Å². The molecule has 1 aromatic rings. The van der Waals surface area contributed by atoms with Crippen molar-refractivity contribution in [2.24, 2.45) is 29.6 Å². The molecule has 4 unspecified atom stereocenters. The summed E-state index contributed by atoms with van der Waals surface area (Å²) in [6.07, 6.45) is 5.88. The minimum absolute atomic E-state index is 0.294. The first-order chi connectivity index (χ1) is 10.1. The Balaban J connectivity index is 1.54. The highest BCUT2D eigenvalue weighted by Gasteiger charge is 2.67. The van der Waals surface area contributed by atoms with Crippen molar-refractivity contribution in [3.63, 3.8) is 0 Å². The van der Waals surface area contributed by atoms with Crippen LogP contribution < -0.4 is 0 Å². The molecule has 0 aliphatic heterocycles. The maximum Gasteiger partial charge on any atom is 0.185 e. The summed E-state index contributed by atoms with van der Waals surface area (Å²) < 4.78 is 2.76. The fourth-order valence-corrected chi connectivity index (χ4v) is 5.40. The summed E-state index contributed by atoms with van der Waals surface area (Å²) in [4.78, 5) is 15.1. The normalized spacial score (nSPS) is 36.3. The topological polar surface area (TPSA) is 38.1 Å². The highest BCUT2D eigenvalue weighted by molar-refractivity contribution is 9.10. The molecule has 5 heteroatoms. The third-order valence-corrected chi connectivity index (χ3v) is 6.41. The Morgan fingerprint density at radius 3 is 2.67 bits per heavy atom. The third kappa shape index (κ3) is 2.12. The van der Waals surface area contributed by atoms with Crippen molar-refractivity contribution in [3.05, 3.63) is 16.4 Å². The number of likely N-dealkylation sites (N-methyl/N-ethyl adjacent to an activating group) is 1. The Morgan fingerprint density at radius 2 is 2.05 bits per heavy atom. The lowest BCUT2D eigenvalue weighted by Gasteiger charge is -2.13. The zero-order valence-corrected chi connectivity index (χ0v) is 14.2. The maximum atomic E-state index is 13.0. The van der Waals surface area contributed by atoms with Crippen molar-refractivity contribution in [2.75, 3.05) is 20.6 Å². The lowest BCUT2D eigenvalue weighted by molar-refractivity contribution is 0.0932. The van der Waals surface area contributed by atoms with E-state index in [1.54, 1.807) is 6.20 Å². The van der Waals surface area contributed by atoms with E-state index >= 15 is 0 Å². The highest BCUT2D eigenvalue weighted by Crippen LogP contribution is 2.70. The molecule has 4 nitrogen and oxygen atoms in total. The van der Waals surface area contributed by atoms with Crippen LogP contribution in [0, 0.1) is 29.6 Å². The van der Waals surface area contributed by atoms with Gasteiger partial charge in [0.1, 0.15) is 5.69 Å². The van der Waals surface area contributed by atoms with Crippen LogP contribution in [-0.2, 0) is 6.54 Å². The number of Topliss-reactive ketones (excluding diaryl/α,β-unsaturated/α-hetero) is 1. The van der Waals surface area contributed by atoms with Crippen LogP contribution in [0.2, 0.25) is 0 Å². The fraction of sp³-hybridized carbons (Fsp3) is 0.750. The number of ketones is 1. The summed E-state index contributed by atoms with van der Waals surface area (Å²) in [7, 11) is 4.09. The van der Waals surface area contributed by atoms with E-state index in [2.05, 4.69) is 25.9 Å². The second kappa shape index (κ2) is 4.92. The molecule has 0 aromatic carbocycles. The number of carbonyl (C=O) groups excluding carboxylic acids is 1. The standard InChI is InChI=1S/C16H22BrN3O/c1-19(2)5-6-20-15(11(17)8-18-20)16(21)14-12-9-3-4-10(7-9)13(12)14/h8-10,12-14H,3-7H2,1-2H3. The van der Waals surface area contributed by atoms with Gasteiger partial charge in [-0.25, -0.2) is 0 Å². The van der Waals surface area contributed by atoms with E-state index in [4.69, 9.17) is 0 Å². The molecule has 114 valence electrons. The van der Waals surface area contributed by atoms with Crippen LogP contribution in [0.5, 0.6) is 0 Å². The van der Waals surface area contributed by atoms with Gasteiger partial charge in [0.15, 0.2) is 5.78 Å². The zero-order chi connectivity index (χ0) is 14.7. The molecule has 2 bridgehead atoms. The van der Waals surface area contributed by atoms with Crippen LogP contribution in [0.3, 0.4) is 0 Å². The van der Waals surface area contributed by atoms with E-state index < -0.39 is 0 Å². The molecule has 3 saturated carbocycles. The number of halogens is 1. The summed E-state index contributed by atoms with van der Waals surface area (Å²) in [6.45, 7) is 1.67. The molecule has 3 aliphatic rings. The van der Waals surface area contributed by atoms with Gasteiger partial charge in [-0.1, -0.05) is 0 Å². The van der Waals surface area contributed by atoms with Crippen molar-refractivity contribution in [2.45, 2.75) is 25.8 Å². The summed E-state index contributed by atoms with van der Waals surface area (Å²) in [5, 5.41) is 4.39. The summed E-state index contributed by atoms with van der Waals surface area (Å²) in [6, 6.07) is 0. The molecule has 1 aromatic heterocycles. The lowest BCUT2D eigenvalue weighted by Crippen LogP contribution is -2.22. The number of hydrogen-bond acceptors (Lipinski definition) is 3. The van der Waals surface area contributed by atoms with E-state index in [1.807, 2.05) is 18.8 Å². The first-order valence-electron chi connectivity index (χ1n) is 7.98. The van der Waals surface area contributed by atoms with E-state index in [9.17, 15) is 4.79 Å². The van der Waals surface area contributed by atoms with Crippen LogP contribution in [0.4, 0.5) is 0 Å². The van der Waals surface area contributed by atoms with Gasteiger partial charge in [-0.05, 0) is 73.0 Å². The molecule has 0 N–H and O–H groups in total. The molecule has 4 rings (SSSR count). The zero-order valence-electron chi connectivity index (χ0n) is 12.6. The van der Waals surface area contributed by atoms with Gasteiger partial charge < -0.3 is 4.90 Å². The highest BCUT2D eigenvalue weighted by atomic mass is 79.9. The van der Waals surface area contributed by atoms with Crippen LogP contribution in [-0.4, -0.2) is 41.1 Å². The molecule has 1 heterocycles. The summed E-state index contributed by atoms with van der Waals surface area (Å²) >= 11 is 3.53. The molecule has 3 aliphatic carbocycles. The number of hydrogen-bond donors (Lipinski definition) is 0. The SMILES string of the molecule is CN(C)CCn1ncc(Br)c1C(=O)C1C2C3CCC(C3)C12. The van der Waals surface area contributed by atoms with Gasteiger partial charge in [0.2, 0.25) is 0 Å². The Bertz CT molecular complexity index is 566. The molecular formula is C16H22BrN3O. The van der Waals surface area contributed by atoms with Gasteiger partial charge in [0, 0.05) is 12.5 Å². The van der Waals surface area contributed by atoms with Crippen LogP contribution in [0.15, 0.2) is 10.7 Å². The Hall–Kier alpha value is -0.680. The van der Waals surface area contributed by atoms with E-state index in [0.29, 0.717) is 23.5 Å². The summed E-state index contributed by atoms with van der Waals surface area (Å²) in [5.74, 6) is 3.70. The minimum atomic E-state index is 0.294. The number of nitrogens with zero attached hydrogens (tertiary/aromatic N) is 3. The molecule has 0 spiro atoms. The molecule has 0 amide bonds. The van der Waals surface area contributed by atoms with E-state index in [0.717, 1.165) is 35.1 Å². The van der Waals surface area contributed by atoms with E-state index in [-0.39, 0.29) is 0 Å². The van der Waals surface area contributed by atoms with Gasteiger partial charge in [0.05, 0.1) is 17.2 Å². The maximum absolute atomic E-state index is 13.0. The predicted octanol–water partition coefficient (Wildman–Crippen LogP) is 2.68. The monoisotopic (exact) mass is 351 g/mol.